The van der Waals surface area contributed by atoms with Crippen LogP contribution in [-0.4, -0.2) is 24.2 Å². The summed E-state index contributed by atoms with van der Waals surface area (Å²) in [6, 6.07) is 4.94. The van der Waals surface area contributed by atoms with Gasteiger partial charge in [0, 0.05) is 18.2 Å². The van der Waals surface area contributed by atoms with Crippen molar-refractivity contribution in [2.45, 2.75) is 13.3 Å². The van der Waals surface area contributed by atoms with Gasteiger partial charge in [-0.15, -0.1) is 0 Å². The Morgan fingerprint density at radius 3 is 2.15 bits per heavy atom. The lowest BCUT2D eigenvalue weighted by Gasteiger charge is -2.10. The molecule has 20 heavy (non-hydrogen) atoms. The van der Waals surface area contributed by atoms with Crippen molar-refractivity contribution >= 4 is 0 Å². The number of ether oxygens (including phenoxy) is 3. The molecular weight excluding hydrogens is 263 g/mol. The fourth-order valence-electron chi connectivity index (χ4n) is 1.66. The van der Waals surface area contributed by atoms with Crippen LogP contribution in [0.25, 0.3) is 0 Å². The molecule has 0 aliphatic rings. The number of aryl methyl sites for hydroxylation is 1. The number of hydrogen-bond donors (Lipinski definition) is 0. The van der Waals surface area contributed by atoms with Crippen molar-refractivity contribution in [1.29, 1.82) is 0 Å². The maximum absolute atomic E-state index is 14.0. The monoisotopic (exact) mass is 278 g/mol. The first-order chi connectivity index (χ1) is 9.67. The van der Waals surface area contributed by atoms with Crippen molar-refractivity contribution < 1.29 is 18.6 Å². The summed E-state index contributed by atoms with van der Waals surface area (Å²) in [7, 11) is 3.05. The molecule has 0 spiro atoms. The van der Waals surface area contributed by atoms with Gasteiger partial charge in [0.15, 0.2) is 0 Å². The third kappa shape index (κ3) is 2.96. The van der Waals surface area contributed by atoms with E-state index in [2.05, 4.69) is 9.97 Å². The standard InChI is InChI=1S/C14H15FN2O3/c1-4-12-13(15)14(17-8-16-12)20-11-6-9(18-2)5-10(7-11)19-3/h5-8H,4H2,1-3H3. The van der Waals surface area contributed by atoms with Crippen LogP contribution < -0.4 is 14.2 Å². The van der Waals surface area contributed by atoms with Crippen molar-refractivity contribution in [2.24, 2.45) is 0 Å². The molecule has 0 N–H and O–H groups in total. The lowest BCUT2D eigenvalue weighted by molar-refractivity contribution is 0.378. The van der Waals surface area contributed by atoms with Crippen LogP contribution >= 0.6 is 0 Å². The van der Waals surface area contributed by atoms with E-state index in [1.807, 2.05) is 6.92 Å². The quantitative estimate of drug-likeness (QED) is 0.841. The van der Waals surface area contributed by atoms with Crippen molar-refractivity contribution in [3.63, 3.8) is 0 Å². The molecule has 6 heteroatoms. The molecule has 106 valence electrons. The normalized spacial score (nSPS) is 10.2. The van der Waals surface area contributed by atoms with Crippen molar-refractivity contribution in [3.05, 3.63) is 36.0 Å². The summed E-state index contributed by atoms with van der Waals surface area (Å²) in [4.78, 5) is 7.65. The predicted octanol–water partition coefficient (Wildman–Crippen LogP) is 2.99. The van der Waals surface area contributed by atoms with E-state index in [4.69, 9.17) is 14.2 Å². The summed E-state index contributed by atoms with van der Waals surface area (Å²) in [5.41, 5.74) is 0.310. The van der Waals surface area contributed by atoms with Gasteiger partial charge in [0.1, 0.15) is 23.6 Å². The van der Waals surface area contributed by atoms with E-state index >= 15 is 0 Å². The molecule has 5 nitrogen and oxygen atoms in total. The van der Waals surface area contributed by atoms with Crippen molar-refractivity contribution in [3.8, 4) is 23.1 Å². The molecule has 0 aliphatic carbocycles. The van der Waals surface area contributed by atoms with Crippen LogP contribution in [0.2, 0.25) is 0 Å². The first-order valence-corrected chi connectivity index (χ1v) is 6.08. The Bertz CT molecular complexity index is 583. The molecule has 0 unspecified atom stereocenters. The highest BCUT2D eigenvalue weighted by molar-refractivity contribution is 5.43. The Kier molecular flexibility index (Phi) is 4.34. The van der Waals surface area contributed by atoms with E-state index in [1.165, 1.54) is 20.5 Å². The van der Waals surface area contributed by atoms with E-state index < -0.39 is 5.82 Å². The highest BCUT2D eigenvalue weighted by Crippen LogP contribution is 2.31. The molecule has 0 saturated carbocycles. The Hall–Kier alpha value is -2.37. The summed E-state index contributed by atoms with van der Waals surface area (Å²) < 4.78 is 29.7. The second-order valence-electron chi connectivity index (χ2n) is 3.94. The van der Waals surface area contributed by atoms with E-state index in [0.717, 1.165) is 0 Å². The summed E-state index contributed by atoms with van der Waals surface area (Å²) in [5, 5.41) is 0. The Morgan fingerprint density at radius 2 is 1.60 bits per heavy atom. The lowest BCUT2D eigenvalue weighted by atomic mass is 10.3. The summed E-state index contributed by atoms with van der Waals surface area (Å²) in [5.74, 6) is 0.791. The molecule has 0 radical (unpaired) electrons. The van der Waals surface area contributed by atoms with Crippen LogP contribution in [0, 0.1) is 5.82 Å². The van der Waals surface area contributed by atoms with Crippen LogP contribution in [0.15, 0.2) is 24.5 Å². The van der Waals surface area contributed by atoms with Crippen molar-refractivity contribution in [2.75, 3.05) is 14.2 Å². The zero-order valence-corrected chi connectivity index (χ0v) is 11.5. The molecule has 1 aromatic carbocycles. The molecule has 0 bridgehead atoms. The number of rotatable bonds is 5. The lowest BCUT2D eigenvalue weighted by Crippen LogP contribution is -1.99. The number of benzene rings is 1. The van der Waals surface area contributed by atoms with Gasteiger partial charge < -0.3 is 14.2 Å². The second kappa shape index (κ2) is 6.18. The summed E-state index contributed by atoms with van der Waals surface area (Å²) in [6.45, 7) is 1.81. The molecule has 0 fully saturated rings. The molecule has 0 saturated heterocycles. The van der Waals surface area contributed by atoms with E-state index in [9.17, 15) is 4.39 Å². The van der Waals surface area contributed by atoms with Crippen LogP contribution in [0.1, 0.15) is 12.6 Å². The number of halogens is 1. The SMILES string of the molecule is CCc1ncnc(Oc2cc(OC)cc(OC)c2)c1F. The third-order valence-electron chi connectivity index (χ3n) is 2.70. The third-order valence-corrected chi connectivity index (χ3v) is 2.70. The smallest absolute Gasteiger partial charge is 0.259 e. The van der Waals surface area contributed by atoms with Gasteiger partial charge in [0.05, 0.1) is 19.9 Å². The first kappa shape index (κ1) is 14.0. The Balaban J connectivity index is 2.34. The van der Waals surface area contributed by atoms with Gasteiger partial charge in [-0.25, -0.2) is 4.98 Å². The number of hydrogen-bond acceptors (Lipinski definition) is 5. The van der Waals surface area contributed by atoms with Crippen LogP contribution in [-0.2, 0) is 6.42 Å². The summed E-state index contributed by atoms with van der Waals surface area (Å²) in [6.07, 6.45) is 1.74. The van der Waals surface area contributed by atoms with Gasteiger partial charge >= 0.3 is 0 Å². The van der Waals surface area contributed by atoms with E-state index in [-0.39, 0.29) is 5.88 Å². The molecule has 1 heterocycles. The van der Waals surface area contributed by atoms with Crippen LogP contribution in [0.3, 0.4) is 0 Å². The fourth-order valence-corrected chi connectivity index (χ4v) is 1.66. The van der Waals surface area contributed by atoms with Gasteiger partial charge in [-0.1, -0.05) is 6.92 Å². The first-order valence-electron chi connectivity index (χ1n) is 6.08. The largest absolute Gasteiger partial charge is 0.496 e. The average molecular weight is 278 g/mol. The zero-order valence-electron chi connectivity index (χ0n) is 11.5. The van der Waals surface area contributed by atoms with E-state index in [1.54, 1.807) is 18.2 Å². The van der Waals surface area contributed by atoms with Crippen LogP contribution in [0.5, 0.6) is 23.1 Å². The molecule has 0 aliphatic heterocycles. The summed E-state index contributed by atoms with van der Waals surface area (Å²) >= 11 is 0. The van der Waals surface area contributed by atoms with Crippen LogP contribution in [0.4, 0.5) is 4.39 Å². The minimum atomic E-state index is -0.559. The minimum Gasteiger partial charge on any atom is -0.496 e. The second-order valence-corrected chi connectivity index (χ2v) is 3.94. The van der Waals surface area contributed by atoms with Gasteiger partial charge in [0.2, 0.25) is 5.82 Å². The van der Waals surface area contributed by atoms with Gasteiger partial charge in [-0.3, -0.25) is 0 Å². The van der Waals surface area contributed by atoms with Crippen molar-refractivity contribution in [1.82, 2.24) is 9.97 Å². The molecule has 0 amide bonds. The molecule has 2 aromatic rings. The number of methoxy groups -OCH3 is 2. The Labute approximate surface area is 116 Å². The Morgan fingerprint density at radius 1 is 1.00 bits per heavy atom. The average Bonchev–Trinajstić information content (AvgIpc) is 2.49. The maximum Gasteiger partial charge on any atom is 0.259 e. The molecule has 2 rings (SSSR count). The number of aromatic nitrogens is 2. The number of nitrogens with zero attached hydrogens (tertiary/aromatic N) is 2. The van der Waals surface area contributed by atoms with Gasteiger partial charge in [0.25, 0.3) is 5.88 Å². The predicted molar refractivity (Wildman–Crippen MR) is 71.0 cm³/mol. The minimum absolute atomic E-state index is 0.118. The van der Waals surface area contributed by atoms with Gasteiger partial charge in [-0.2, -0.15) is 9.37 Å². The highest BCUT2D eigenvalue weighted by Gasteiger charge is 2.13. The fraction of sp³-hybridized carbons (Fsp3) is 0.286. The molecule has 0 atom stereocenters. The maximum atomic E-state index is 14.0. The molecule has 1 aromatic heterocycles. The topological polar surface area (TPSA) is 53.5 Å². The molecular formula is C14H15FN2O3. The zero-order chi connectivity index (χ0) is 14.5. The van der Waals surface area contributed by atoms with E-state index in [0.29, 0.717) is 29.4 Å². The highest BCUT2D eigenvalue weighted by atomic mass is 19.1. The van der Waals surface area contributed by atoms with Gasteiger partial charge in [-0.05, 0) is 6.42 Å².